The fourth-order valence-electron chi connectivity index (χ4n) is 1.72. The van der Waals surface area contributed by atoms with Crippen LogP contribution in [0, 0.1) is 0 Å². The van der Waals surface area contributed by atoms with Gasteiger partial charge in [-0.15, -0.1) is 0 Å². The van der Waals surface area contributed by atoms with Gasteiger partial charge >= 0.3 is 7.82 Å². The number of anilines is 1. The third-order valence-corrected chi connectivity index (χ3v) is 3.18. The van der Waals surface area contributed by atoms with Crippen LogP contribution < -0.4 is 11.3 Å². The van der Waals surface area contributed by atoms with Gasteiger partial charge in [0.05, 0.1) is 12.9 Å². The minimum atomic E-state index is -4.40. The molecule has 2 aromatic rings. The number of hydrogen-bond donors (Lipinski definition) is 4. The normalized spacial score (nSPS) is 12.1. The average molecular weight is 333 g/mol. The fourth-order valence-corrected chi connectivity index (χ4v) is 2.08. The number of H-pyrrole nitrogens is 1. The van der Waals surface area contributed by atoms with E-state index < -0.39 is 13.4 Å². The highest BCUT2D eigenvalue weighted by Crippen LogP contribution is 2.35. The average Bonchev–Trinajstić information content (AvgIpc) is 2.80. The largest absolute Gasteiger partial charge is 0.469 e. The van der Waals surface area contributed by atoms with Crippen LogP contribution in [0.4, 0.5) is 5.95 Å². The summed E-state index contributed by atoms with van der Waals surface area (Å²) in [4.78, 5) is 38.8. The van der Waals surface area contributed by atoms with Crippen molar-refractivity contribution in [3.63, 3.8) is 0 Å². The first-order chi connectivity index (χ1) is 10.4. The number of aromatic nitrogens is 4. The van der Waals surface area contributed by atoms with Gasteiger partial charge in [-0.1, -0.05) is 0 Å². The van der Waals surface area contributed by atoms with E-state index in [-0.39, 0.29) is 24.8 Å². The van der Waals surface area contributed by atoms with Crippen molar-refractivity contribution in [3.8, 4) is 0 Å². The van der Waals surface area contributed by atoms with E-state index in [0.717, 1.165) is 0 Å². The highest BCUT2D eigenvalue weighted by Gasteiger charge is 2.12. The van der Waals surface area contributed by atoms with Crippen molar-refractivity contribution in [2.24, 2.45) is 0 Å². The lowest BCUT2D eigenvalue weighted by atomic mass is 10.3. The molecule has 5 N–H and O–H groups in total. The van der Waals surface area contributed by atoms with Crippen LogP contribution in [0.3, 0.4) is 0 Å². The molecule has 0 aliphatic carbocycles. The second-order valence-corrected chi connectivity index (χ2v) is 5.65. The van der Waals surface area contributed by atoms with Crippen molar-refractivity contribution in [1.82, 2.24) is 19.5 Å². The smallest absolute Gasteiger partial charge is 0.369 e. The van der Waals surface area contributed by atoms with Crippen LogP contribution in [0.25, 0.3) is 11.2 Å². The predicted molar refractivity (Wildman–Crippen MR) is 75.7 cm³/mol. The number of fused-ring (bicyclic) bond motifs is 1. The summed E-state index contributed by atoms with van der Waals surface area (Å²) >= 11 is 0. The highest BCUT2D eigenvalue weighted by atomic mass is 31.2. The monoisotopic (exact) mass is 333 g/mol. The van der Waals surface area contributed by atoms with Gasteiger partial charge in [-0.3, -0.25) is 18.9 Å². The lowest BCUT2D eigenvalue weighted by molar-refractivity contribution is 0.0729. The number of nitrogens with zero attached hydrogens (tertiary/aromatic N) is 3. The fraction of sp³-hybridized carbons (Fsp3) is 0.500. The van der Waals surface area contributed by atoms with Gasteiger partial charge in [-0.25, -0.2) is 9.55 Å². The molecule has 122 valence electrons. The molecule has 2 rings (SSSR count). The number of hydrogen-bond acceptors (Lipinski definition) is 7. The molecule has 0 saturated carbocycles. The Balaban J connectivity index is 1.78. The first-order valence-electron chi connectivity index (χ1n) is 6.35. The molecule has 2 aromatic heterocycles. The van der Waals surface area contributed by atoms with Gasteiger partial charge in [-0.2, -0.15) is 4.98 Å². The van der Waals surface area contributed by atoms with E-state index in [1.165, 1.54) is 10.9 Å². The van der Waals surface area contributed by atoms with Crippen LogP contribution in [-0.2, 0) is 20.6 Å². The van der Waals surface area contributed by atoms with E-state index in [1.54, 1.807) is 0 Å². The van der Waals surface area contributed by atoms with Gasteiger partial charge in [0.1, 0.15) is 6.73 Å². The maximum absolute atomic E-state index is 11.6. The summed E-state index contributed by atoms with van der Waals surface area (Å²) in [5.41, 5.74) is 5.55. The molecule has 0 amide bonds. The van der Waals surface area contributed by atoms with Crippen LogP contribution in [0.2, 0.25) is 0 Å². The standard InChI is InChI=1S/C10H16N5O6P/c11-10-13-8-7(9(16)14-10)12-5-15(8)6-20-3-1-2-4-21-22(17,18)19/h5H,1-4,6H2,(H2,17,18,19)(H3,11,13,14,16). The van der Waals surface area contributed by atoms with Crippen molar-refractivity contribution in [3.05, 3.63) is 16.7 Å². The van der Waals surface area contributed by atoms with Crippen molar-refractivity contribution < 1.29 is 23.6 Å². The molecule has 0 saturated heterocycles. The van der Waals surface area contributed by atoms with Crippen molar-refractivity contribution >= 4 is 24.9 Å². The number of nitrogen functional groups attached to an aromatic ring is 1. The molecule has 11 nitrogen and oxygen atoms in total. The maximum Gasteiger partial charge on any atom is 0.469 e. The first kappa shape index (κ1) is 16.6. The molecule has 2 heterocycles. The molecule has 0 aromatic carbocycles. The maximum atomic E-state index is 11.6. The molecular formula is C10H16N5O6P. The molecule has 0 spiro atoms. The molecule has 0 bridgehead atoms. The number of unbranched alkanes of at least 4 members (excludes halogenated alkanes) is 1. The van der Waals surface area contributed by atoms with E-state index >= 15 is 0 Å². The van der Waals surface area contributed by atoms with Gasteiger partial charge in [0.2, 0.25) is 5.95 Å². The van der Waals surface area contributed by atoms with E-state index in [1.807, 2.05) is 0 Å². The molecule has 22 heavy (non-hydrogen) atoms. The number of nitrogens with one attached hydrogen (secondary N) is 1. The second-order valence-electron chi connectivity index (χ2n) is 4.41. The molecule has 12 heteroatoms. The number of phosphoric ester groups is 1. The third kappa shape index (κ3) is 4.61. The molecule has 0 radical (unpaired) electrons. The quantitative estimate of drug-likeness (QED) is 0.370. The van der Waals surface area contributed by atoms with Gasteiger partial charge in [0, 0.05) is 6.61 Å². The van der Waals surface area contributed by atoms with Crippen molar-refractivity contribution in [2.75, 3.05) is 18.9 Å². The topological polar surface area (TPSA) is 166 Å². The zero-order chi connectivity index (χ0) is 16.2. The van der Waals surface area contributed by atoms with E-state index in [0.29, 0.717) is 25.1 Å². The zero-order valence-corrected chi connectivity index (χ0v) is 12.4. The SMILES string of the molecule is Nc1nc2c(ncn2COCCCCOP(=O)(O)O)c(=O)[nH]1. The van der Waals surface area contributed by atoms with Gasteiger partial charge < -0.3 is 20.3 Å². The summed E-state index contributed by atoms with van der Waals surface area (Å²) in [5.74, 6) is -0.00571. The summed E-state index contributed by atoms with van der Waals surface area (Å²) in [6.45, 7) is 0.434. The Labute approximate surface area is 124 Å². The Kier molecular flexibility index (Phi) is 5.27. The number of ether oxygens (including phenoxy) is 1. The number of rotatable bonds is 8. The minimum absolute atomic E-state index is 0.00571. The Hall–Kier alpha value is -1.78. The summed E-state index contributed by atoms with van der Waals surface area (Å²) in [5, 5.41) is 0. The summed E-state index contributed by atoms with van der Waals surface area (Å²) in [7, 11) is -4.40. The van der Waals surface area contributed by atoms with Crippen LogP contribution in [-0.4, -0.2) is 42.5 Å². The number of nitrogens with two attached hydrogens (primary N) is 1. The van der Waals surface area contributed by atoms with E-state index in [2.05, 4.69) is 19.5 Å². The number of phosphoric acid groups is 1. The van der Waals surface area contributed by atoms with Crippen LogP contribution >= 0.6 is 7.82 Å². The van der Waals surface area contributed by atoms with E-state index in [4.69, 9.17) is 20.3 Å². The van der Waals surface area contributed by atoms with Crippen molar-refractivity contribution in [2.45, 2.75) is 19.6 Å². The van der Waals surface area contributed by atoms with Gasteiger partial charge in [0.15, 0.2) is 11.2 Å². The Morgan fingerprint density at radius 2 is 2.09 bits per heavy atom. The molecule has 0 unspecified atom stereocenters. The Bertz CT molecular complexity index is 737. The van der Waals surface area contributed by atoms with Crippen LogP contribution in [0.1, 0.15) is 12.8 Å². The van der Waals surface area contributed by atoms with Gasteiger partial charge in [-0.05, 0) is 12.8 Å². The molecule has 0 aliphatic rings. The minimum Gasteiger partial charge on any atom is -0.369 e. The summed E-state index contributed by atoms with van der Waals surface area (Å²) in [6.07, 6.45) is 2.42. The van der Waals surface area contributed by atoms with Crippen LogP contribution in [0.15, 0.2) is 11.1 Å². The van der Waals surface area contributed by atoms with E-state index in [9.17, 15) is 9.36 Å². The molecule has 0 aliphatic heterocycles. The molecule has 0 fully saturated rings. The number of imidazole rings is 1. The lowest BCUT2D eigenvalue weighted by Gasteiger charge is -2.07. The van der Waals surface area contributed by atoms with Crippen molar-refractivity contribution in [1.29, 1.82) is 0 Å². The van der Waals surface area contributed by atoms with Gasteiger partial charge in [0.25, 0.3) is 5.56 Å². The first-order valence-corrected chi connectivity index (χ1v) is 7.88. The van der Waals surface area contributed by atoms with Crippen LogP contribution in [0.5, 0.6) is 0 Å². The number of aromatic amines is 1. The predicted octanol–water partition coefficient (Wildman–Crippen LogP) is -0.435. The highest BCUT2D eigenvalue weighted by molar-refractivity contribution is 7.46. The lowest BCUT2D eigenvalue weighted by Crippen LogP contribution is -2.12. The summed E-state index contributed by atoms with van der Waals surface area (Å²) in [6, 6.07) is 0. The Morgan fingerprint density at radius 1 is 1.36 bits per heavy atom. The third-order valence-electron chi connectivity index (χ3n) is 2.67. The Morgan fingerprint density at radius 3 is 2.82 bits per heavy atom. The molecule has 0 atom stereocenters. The second kappa shape index (κ2) is 6.99. The summed E-state index contributed by atoms with van der Waals surface area (Å²) < 4.78 is 21.7. The molecular weight excluding hydrogens is 317 g/mol. The zero-order valence-electron chi connectivity index (χ0n) is 11.5.